The van der Waals surface area contributed by atoms with E-state index in [0.29, 0.717) is 5.56 Å². The third-order valence-electron chi connectivity index (χ3n) is 9.77. The number of para-hydroxylation sites is 2. The van der Waals surface area contributed by atoms with E-state index in [-0.39, 0.29) is 10.8 Å². The molecule has 0 atom stereocenters. The minimum atomic E-state index is -0.0146. The average Bonchev–Trinajstić information content (AvgIpc) is 3.59. The van der Waals surface area contributed by atoms with Gasteiger partial charge in [-0.3, -0.25) is 4.98 Å². The summed E-state index contributed by atoms with van der Waals surface area (Å²) in [6.45, 7) is 13.6. The Morgan fingerprint density at radius 3 is 1.40 bits per heavy atom. The standard InChI is InChI=1S/C44H38N4/c1-43(2,3)30-19-21-34-32-11-7-9-13-36(32)47(38(34)23-30)40-26-46-27-41(42(40)29-17-15-28(25-45)16-18-29)48-37-14-10-8-12-33(37)35-22-20-31(24-39(35)48)44(4,5)6/h7-24,26-27H,1-6H3. The van der Waals surface area contributed by atoms with Gasteiger partial charge in [-0.05, 0) is 63.9 Å². The van der Waals surface area contributed by atoms with Crippen molar-refractivity contribution in [3.05, 3.63) is 138 Å². The molecule has 0 saturated carbocycles. The van der Waals surface area contributed by atoms with Crippen LogP contribution in [0, 0.1) is 11.3 Å². The first-order valence-corrected chi connectivity index (χ1v) is 16.6. The molecule has 0 fully saturated rings. The molecule has 3 aromatic heterocycles. The maximum absolute atomic E-state index is 9.70. The van der Waals surface area contributed by atoms with Gasteiger partial charge in [0.25, 0.3) is 0 Å². The van der Waals surface area contributed by atoms with Crippen LogP contribution in [0.15, 0.2) is 122 Å². The lowest BCUT2D eigenvalue weighted by Gasteiger charge is -2.22. The Bertz CT molecular complexity index is 2430. The zero-order chi connectivity index (χ0) is 33.4. The lowest BCUT2D eigenvalue weighted by Crippen LogP contribution is -2.11. The third kappa shape index (κ3) is 4.61. The van der Waals surface area contributed by atoms with Crippen LogP contribution < -0.4 is 0 Å². The molecule has 0 amide bonds. The van der Waals surface area contributed by atoms with Crippen LogP contribution in [0.3, 0.4) is 0 Å². The topological polar surface area (TPSA) is 46.5 Å². The van der Waals surface area contributed by atoms with E-state index in [9.17, 15) is 5.26 Å². The van der Waals surface area contributed by atoms with Gasteiger partial charge in [0.05, 0.1) is 57.5 Å². The van der Waals surface area contributed by atoms with Gasteiger partial charge >= 0.3 is 0 Å². The zero-order valence-electron chi connectivity index (χ0n) is 28.3. The number of aromatic nitrogens is 3. The molecule has 5 aromatic carbocycles. The van der Waals surface area contributed by atoms with Gasteiger partial charge in [-0.1, -0.05) is 114 Å². The SMILES string of the molecule is CC(C)(C)c1ccc2c3ccccc3n(-c3cncc(-n4c5ccccc5c5ccc(C(C)(C)C)cc54)c3-c3ccc(C#N)cc3)c2c1. The van der Waals surface area contributed by atoms with Crippen LogP contribution in [-0.4, -0.2) is 14.1 Å². The fraction of sp³-hybridized carbons (Fsp3) is 0.182. The fourth-order valence-corrected chi connectivity index (χ4v) is 7.18. The van der Waals surface area contributed by atoms with Gasteiger partial charge in [0.15, 0.2) is 0 Å². The summed E-state index contributed by atoms with van der Waals surface area (Å²) in [7, 11) is 0. The summed E-state index contributed by atoms with van der Waals surface area (Å²) in [4.78, 5) is 4.99. The van der Waals surface area contributed by atoms with E-state index in [4.69, 9.17) is 4.98 Å². The van der Waals surface area contributed by atoms with Crippen molar-refractivity contribution in [1.29, 1.82) is 5.26 Å². The van der Waals surface area contributed by atoms with Crippen molar-refractivity contribution in [3.63, 3.8) is 0 Å². The molecule has 4 heteroatoms. The molecular weight excluding hydrogens is 585 g/mol. The summed E-state index contributed by atoms with van der Waals surface area (Å²) < 4.78 is 4.77. The number of nitriles is 1. The van der Waals surface area contributed by atoms with Crippen molar-refractivity contribution in [2.75, 3.05) is 0 Å². The second-order valence-electron chi connectivity index (χ2n) is 14.9. The van der Waals surface area contributed by atoms with Crippen LogP contribution in [0.5, 0.6) is 0 Å². The number of hydrogen-bond acceptors (Lipinski definition) is 2. The summed E-state index contributed by atoms with van der Waals surface area (Å²) in [5, 5.41) is 14.5. The smallest absolute Gasteiger partial charge is 0.0991 e. The van der Waals surface area contributed by atoms with Gasteiger partial charge in [0, 0.05) is 27.1 Å². The minimum Gasteiger partial charge on any atom is -0.307 e. The number of nitrogens with zero attached hydrogens (tertiary/aromatic N) is 4. The van der Waals surface area contributed by atoms with Crippen molar-refractivity contribution in [2.45, 2.75) is 52.4 Å². The molecule has 0 unspecified atom stereocenters. The van der Waals surface area contributed by atoms with Crippen molar-refractivity contribution in [3.8, 4) is 28.6 Å². The van der Waals surface area contributed by atoms with Crippen LogP contribution in [0.2, 0.25) is 0 Å². The van der Waals surface area contributed by atoms with Gasteiger partial charge in [0.1, 0.15) is 0 Å². The molecule has 0 bridgehead atoms. The summed E-state index contributed by atoms with van der Waals surface area (Å²) in [5.74, 6) is 0. The molecule has 0 spiro atoms. The zero-order valence-corrected chi connectivity index (χ0v) is 28.3. The van der Waals surface area contributed by atoms with Crippen LogP contribution in [-0.2, 0) is 10.8 Å². The van der Waals surface area contributed by atoms with E-state index >= 15 is 0 Å². The Hall–Kier alpha value is -5.66. The molecule has 0 aliphatic rings. The lowest BCUT2D eigenvalue weighted by molar-refractivity contribution is 0.590. The molecule has 0 N–H and O–H groups in total. The first-order valence-electron chi connectivity index (χ1n) is 16.6. The first kappa shape index (κ1) is 29.7. The van der Waals surface area contributed by atoms with Crippen molar-refractivity contribution >= 4 is 43.6 Å². The first-order chi connectivity index (χ1) is 23.0. The lowest BCUT2D eigenvalue weighted by atomic mass is 9.86. The Labute approximate surface area is 281 Å². The Morgan fingerprint density at radius 2 is 0.958 bits per heavy atom. The van der Waals surface area contributed by atoms with Crippen LogP contribution >= 0.6 is 0 Å². The minimum absolute atomic E-state index is 0.0146. The van der Waals surface area contributed by atoms with Gasteiger partial charge < -0.3 is 9.13 Å². The van der Waals surface area contributed by atoms with Gasteiger partial charge in [-0.15, -0.1) is 0 Å². The van der Waals surface area contributed by atoms with E-state index in [1.165, 1.54) is 32.7 Å². The highest BCUT2D eigenvalue weighted by Crippen LogP contribution is 2.43. The molecule has 48 heavy (non-hydrogen) atoms. The Balaban J connectivity index is 1.55. The molecule has 3 heterocycles. The Kier molecular flexibility index (Phi) is 6.62. The van der Waals surface area contributed by atoms with Gasteiger partial charge in [-0.2, -0.15) is 5.26 Å². The third-order valence-corrected chi connectivity index (χ3v) is 9.77. The number of pyridine rings is 1. The Morgan fingerprint density at radius 1 is 0.521 bits per heavy atom. The fourth-order valence-electron chi connectivity index (χ4n) is 7.18. The predicted octanol–water partition coefficient (Wildman–Crippen LogP) is 11.4. The van der Waals surface area contributed by atoms with E-state index in [0.717, 1.165) is 44.6 Å². The highest BCUT2D eigenvalue weighted by atomic mass is 15.0. The molecule has 0 saturated heterocycles. The van der Waals surface area contributed by atoms with Crippen molar-refractivity contribution in [1.82, 2.24) is 14.1 Å². The second kappa shape index (κ2) is 10.7. The van der Waals surface area contributed by atoms with E-state index in [1.54, 1.807) is 0 Å². The predicted molar refractivity (Wildman–Crippen MR) is 200 cm³/mol. The number of fused-ring (bicyclic) bond motifs is 6. The van der Waals surface area contributed by atoms with E-state index in [1.807, 2.05) is 24.5 Å². The maximum atomic E-state index is 9.70. The average molecular weight is 623 g/mol. The van der Waals surface area contributed by atoms with Crippen LogP contribution in [0.1, 0.15) is 58.2 Å². The second-order valence-corrected chi connectivity index (χ2v) is 14.9. The molecule has 234 valence electrons. The van der Waals surface area contributed by atoms with Crippen LogP contribution in [0.4, 0.5) is 0 Å². The summed E-state index contributed by atoms with van der Waals surface area (Å²) in [5.41, 5.74) is 11.8. The highest BCUT2D eigenvalue weighted by Gasteiger charge is 2.24. The monoisotopic (exact) mass is 622 g/mol. The van der Waals surface area contributed by atoms with E-state index < -0.39 is 0 Å². The molecular formula is C44H38N4. The van der Waals surface area contributed by atoms with Gasteiger partial charge in [0.2, 0.25) is 0 Å². The largest absolute Gasteiger partial charge is 0.307 e. The number of benzene rings is 5. The molecule has 0 aliphatic heterocycles. The summed E-state index contributed by atoms with van der Waals surface area (Å²) in [6.07, 6.45) is 4.00. The summed E-state index contributed by atoms with van der Waals surface area (Å²) >= 11 is 0. The molecule has 4 nitrogen and oxygen atoms in total. The number of hydrogen-bond donors (Lipinski definition) is 0. The molecule has 8 rings (SSSR count). The van der Waals surface area contributed by atoms with Gasteiger partial charge in [-0.25, -0.2) is 0 Å². The maximum Gasteiger partial charge on any atom is 0.0991 e. The van der Waals surface area contributed by atoms with Crippen molar-refractivity contribution < 1.29 is 0 Å². The molecule has 8 aromatic rings. The normalized spacial score (nSPS) is 12.4. The van der Waals surface area contributed by atoms with Crippen molar-refractivity contribution in [2.24, 2.45) is 0 Å². The number of rotatable bonds is 3. The highest BCUT2D eigenvalue weighted by molar-refractivity contribution is 6.12. The van der Waals surface area contributed by atoms with Crippen LogP contribution in [0.25, 0.3) is 66.1 Å². The molecule has 0 aliphatic carbocycles. The summed E-state index contributed by atoms with van der Waals surface area (Å²) in [6, 6.07) is 41.3. The quantitative estimate of drug-likeness (QED) is 0.197. The molecule has 0 radical (unpaired) electrons. The van der Waals surface area contributed by atoms with E-state index in [2.05, 4.69) is 154 Å².